The van der Waals surface area contributed by atoms with E-state index >= 15 is 0 Å². The van der Waals surface area contributed by atoms with Crippen molar-refractivity contribution >= 4 is 0 Å². The first-order valence-corrected chi connectivity index (χ1v) is 3.40. The molecule has 1 nitrogen and oxygen atoms in total. The van der Waals surface area contributed by atoms with E-state index in [1.165, 1.54) is 12.8 Å². The van der Waals surface area contributed by atoms with Gasteiger partial charge in [-0.25, -0.2) is 0 Å². The molecule has 0 saturated heterocycles. The number of hydrogen-bond donors (Lipinski definition) is 0. The van der Waals surface area contributed by atoms with E-state index in [2.05, 4.69) is 20.3 Å². The molecule has 0 heterocycles. The van der Waals surface area contributed by atoms with E-state index < -0.39 is 0 Å². The molecule has 0 aliphatic heterocycles. The molecule has 0 aromatic carbocycles. The topological polar surface area (TPSA) is 17.1 Å². The van der Waals surface area contributed by atoms with Crippen LogP contribution in [0.3, 0.4) is 0 Å². The van der Waals surface area contributed by atoms with Crippen molar-refractivity contribution in [2.75, 3.05) is 0 Å². The van der Waals surface area contributed by atoms with Crippen molar-refractivity contribution < 1.29 is 27.5 Å². The van der Waals surface area contributed by atoms with Gasteiger partial charge in [-0.15, -0.1) is 0 Å². The summed E-state index contributed by atoms with van der Waals surface area (Å²) in [5.41, 5.74) is 0. The molecule has 0 saturated carbocycles. The quantitative estimate of drug-likeness (QED) is 0.590. The molecule has 0 aromatic rings. The summed E-state index contributed by atoms with van der Waals surface area (Å²) in [6.45, 7) is 4.27. The molecule has 0 rings (SSSR count). The summed E-state index contributed by atoms with van der Waals surface area (Å²) in [4.78, 5) is 0. The van der Waals surface area contributed by atoms with E-state index in [-0.39, 0.29) is 0 Å². The Morgan fingerprint density at radius 1 is 1.57 bits per heavy atom. The van der Waals surface area contributed by atoms with Gasteiger partial charge in [0.15, 0.2) is 0 Å². The second kappa shape index (κ2) is 15.9. The van der Waals surface area contributed by atoms with E-state index in [0.717, 1.165) is 0 Å². The Balaban J connectivity index is 0. The molecule has 7 heavy (non-hydrogen) atoms. The van der Waals surface area contributed by atoms with Crippen molar-refractivity contribution in [2.24, 2.45) is 0 Å². The Labute approximate surface area is 60.8 Å². The summed E-state index contributed by atoms with van der Waals surface area (Å²) in [7, 11) is 0. The van der Waals surface area contributed by atoms with E-state index in [9.17, 15) is 0 Å². The van der Waals surface area contributed by atoms with Gasteiger partial charge in [-0.2, -0.15) is 13.3 Å². The summed E-state index contributed by atoms with van der Waals surface area (Å²) >= 11 is 0.300. The number of hydrogen-bond acceptors (Lipinski definition) is 1. The summed E-state index contributed by atoms with van der Waals surface area (Å²) in [5.74, 6) is 0. The van der Waals surface area contributed by atoms with E-state index in [4.69, 9.17) is 2.81 Å². The van der Waals surface area contributed by atoms with Crippen LogP contribution in [0.25, 0.3) is 0 Å². The van der Waals surface area contributed by atoms with Crippen molar-refractivity contribution in [2.45, 2.75) is 26.7 Å². The van der Waals surface area contributed by atoms with Crippen molar-refractivity contribution in [3.05, 3.63) is 6.42 Å². The molecule has 0 N–H and O–H groups in total. The van der Waals surface area contributed by atoms with Gasteiger partial charge in [0, 0.05) is 0 Å². The standard InChI is InChI=1S/C5H11.O.Zr/c1-3-5-4-2;;/h3H,4-5H2,1-2H3;;/q-1;;. The summed E-state index contributed by atoms with van der Waals surface area (Å²) < 4.78 is 8.34. The van der Waals surface area contributed by atoms with Gasteiger partial charge >= 0.3 is 27.5 Å². The zero-order chi connectivity index (χ0) is 6.12. The van der Waals surface area contributed by atoms with Crippen LogP contribution in [0.5, 0.6) is 0 Å². The first kappa shape index (κ1) is 10.6. The van der Waals surface area contributed by atoms with Gasteiger partial charge in [0.05, 0.1) is 0 Å². The Hall–Kier alpha value is 0.683. The van der Waals surface area contributed by atoms with E-state index in [1.54, 1.807) is 0 Å². The average Bonchev–Trinajstić information content (AvgIpc) is 1.75. The van der Waals surface area contributed by atoms with Gasteiger partial charge < -0.3 is 6.42 Å². The molecule has 0 unspecified atom stereocenters. The van der Waals surface area contributed by atoms with Crippen LogP contribution in [0.15, 0.2) is 0 Å². The summed E-state index contributed by atoms with van der Waals surface area (Å²) in [5, 5.41) is 0. The third-order valence-corrected chi connectivity index (χ3v) is 0.577. The third kappa shape index (κ3) is 20.4. The molecule has 0 atom stereocenters. The number of unbranched alkanes of at least 4 members (excludes halogenated alkanes) is 2. The van der Waals surface area contributed by atoms with Crippen molar-refractivity contribution in [1.82, 2.24) is 0 Å². The third-order valence-electron chi connectivity index (χ3n) is 0.577. The van der Waals surface area contributed by atoms with Crippen LogP contribution in [-0.4, -0.2) is 0 Å². The minimum absolute atomic E-state index is 0.300. The molecule has 0 aromatic heterocycles. The summed E-state index contributed by atoms with van der Waals surface area (Å²) in [6.07, 6.45) is 4.73. The Morgan fingerprint density at radius 3 is 2.00 bits per heavy atom. The summed E-state index contributed by atoms with van der Waals surface area (Å²) in [6, 6.07) is 0. The van der Waals surface area contributed by atoms with Crippen LogP contribution in [0.4, 0.5) is 0 Å². The van der Waals surface area contributed by atoms with Crippen molar-refractivity contribution in [3.8, 4) is 0 Å². The first-order valence-electron chi connectivity index (χ1n) is 2.40. The molecular weight excluding hydrogens is 167 g/mol. The zero-order valence-corrected chi connectivity index (χ0v) is 7.36. The monoisotopic (exact) mass is 177 g/mol. The molecular formula is C5H11OZr-. The first-order chi connectivity index (χ1) is 3.41. The minimum atomic E-state index is 0.300. The fraction of sp³-hybridized carbons (Fsp3) is 0.800. The second-order valence-electron chi connectivity index (χ2n) is 1.20. The van der Waals surface area contributed by atoms with Gasteiger partial charge in [0.1, 0.15) is 0 Å². The molecule has 0 amide bonds. The SMILES string of the molecule is C[CH-]CCC.[O]=[Zr]. The van der Waals surface area contributed by atoms with Crippen LogP contribution >= 0.6 is 0 Å². The molecule has 2 heteroatoms. The van der Waals surface area contributed by atoms with Gasteiger partial charge in [0.2, 0.25) is 0 Å². The average molecular weight is 178 g/mol. The Bertz CT molecular complexity index is 22.0. The molecule has 0 radical (unpaired) electrons. The predicted molar refractivity (Wildman–Crippen MR) is 25.6 cm³/mol. The maximum atomic E-state index is 8.34. The molecule has 0 aliphatic rings. The maximum absolute atomic E-state index is 8.34. The van der Waals surface area contributed by atoms with Crippen molar-refractivity contribution in [1.29, 1.82) is 0 Å². The van der Waals surface area contributed by atoms with Gasteiger partial charge in [-0.3, -0.25) is 0 Å². The van der Waals surface area contributed by atoms with Gasteiger partial charge in [-0.1, -0.05) is 13.3 Å². The predicted octanol–water partition coefficient (Wildman–Crippen LogP) is 1.89. The van der Waals surface area contributed by atoms with Gasteiger partial charge in [-0.05, 0) is 0 Å². The van der Waals surface area contributed by atoms with E-state index in [1.807, 2.05) is 0 Å². The molecule has 0 aliphatic carbocycles. The van der Waals surface area contributed by atoms with Crippen LogP contribution in [-0.2, 0) is 27.5 Å². The van der Waals surface area contributed by atoms with Crippen LogP contribution in [0.1, 0.15) is 26.7 Å². The van der Waals surface area contributed by atoms with Crippen LogP contribution < -0.4 is 0 Å². The Morgan fingerprint density at radius 2 is 2.00 bits per heavy atom. The molecule has 0 spiro atoms. The van der Waals surface area contributed by atoms with Gasteiger partial charge in [0.25, 0.3) is 0 Å². The van der Waals surface area contributed by atoms with Crippen LogP contribution in [0, 0.1) is 6.42 Å². The fourth-order valence-electron chi connectivity index (χ4n) is 0.289. The fourth-order valence-corrected chi connectivity index (χ4v) is 0.289. The van der Waals surface area contributed by atoms with E-state index in [0.29, 0.717) is 24.7 Å². The van der Waals surface area contributed by atoms with Crippen molar-refractivity contribution in [3.63, 3.8) is 0 Å². The van der Waals surface area contributed by atoms with Crippen LogP contribution in [0.2, 0.25) is 0 Å². The Kier molecular flexibility index (Phi) is 24.2. The normalized spacial score (nSPS) is 6.43. The molecule has 0 bridgehead atoms. The number of rotatable bonds is 2. The zero-order valence-electron chi connectivity index (χ0n) is 4.90. The molecule has 42 valence electrons. The second-order valence-corrected chi connectivity index (χ2v) is 1.20. The molecule has 0 fully saturated rings.